The van der Waals surface area contributed by atoms with Gasteiger partial charge in [-0.25, -0.2) is 0 Å². The number of benzene rings is 2. The largest absolute Gasteiger partial charge is 0.352 e. The molecular weight excluding hydrogens is 393 g/mol. The first kappa shape index (κ1) is 16.7. The average Bonchev–Trinajstić information content (AvgIpc) is 2.43. The predicted molar refractivity (Wildman–Crippen MR) is 93.9 cm³/mol. The van der Waals surface area contributed by atoms with Gasteiger partial charge in [-0.3, -0.25) is 4.79 Å². The molecule has 0 bridgehead atoms. The highest BCUT2D eigenvalue weighted by molar-refractivity contribution is 9.10. The average molecular weight is 405 g/mol. The summed E-state index contributed by atoms with van der Waals surface area (Å²) in [6, 6.07) is 10.7. The van der Waals surface area contributed by atoms with Crippen LogP contribution in [-0.4, -0.2) is 12.5 Å². The zero-order valence-electron chi connectivity index (χ0n) is 10.9. The lowest BCUT2D eigenvalue weighted by Gasteiger charge is -2.09. The molecule has 0 spiro atoms. The second-order valence-corrected chi connectivity index (χ2v) is 6.62. The van der Waals surface area contributed by atoms with Crippen molar-refractivity contribution in [1.29, 1.82) is 0 Å². The predicted octanol–water partition coefficient (Wildman–Crippen LogP) is 5.02. The molecule has 2 nitrogen and oxygen atoms in total. The Kier molecular flexibility index (Phi) is 5.99. The third-order valence-electron chi connectivity index (χ3n) is 2.89. The van der Waals surface area contributed by atoms with Crippen LogP contribution >= 0.6 is 51.8 Å². The van der Waals surface area contributed by atoms with Crippen LogP contribution in [0.1, 0.15) is 15.9 Å². The number of hydrogen-bond donors (Lipinski definition) is 2. The highest BCUT2D eigenvalue weighted by Gasteiger charge is 2.10. The van der Waals surface area contributed by atoms with Crippen molar-refractivity contribution in [2.75, 3.05) is 6.54 Å². The number of hydrogen-bond acceptors (Lipinski definition) is 2. The van der Waals surface area contributed by atoms with E-state index in [1.165, 1.54) is 0 Å². The summed E-state index contributed by atoms with van der Waals surface area (Å²) in [5.41, 5.74) is 1.51. The molecule has 0 aliphatic heterocycles. The number of halogens is 3. The number of carbonyl (C=O) groups excluding carboxylic acids is 1. The third-order valence-corrected chi connectivity index (χ3v) is 4.45. The molecule has 1 amide bonds. The Morgan fingerprint density at radius 3 is 2.67 bits per heavy atom. The third kappa shape index (κ3) is 4.65. The first-order chi connectivity index (χ1) is 9.97. The normalized spacial score (nSPS) is 10.5. The molecule has 2 aromatic carbocycles. The van der Waals surface area contributed by atoms with Crippen LogP contribution in [0.3, 0.4) is 0 Å². The maximum Gasteiger partial charge on any atom is 0.252 e. The fraction of sp³-hybridized carbons (Fsp3) is 0.133. The molecule has 0 unspecified atom stereocenters. The van der Waals surface area contributed by atoms with Gasteiger partial charge in [0.1, 0.15) is 0 Å². The van der Waals surface area contributed by atoms with Crippen LogP contribution in [0.15, 0.2) is 45.8 Å². The first-order valence-corrected chi connectivity index (χ1v) is 8.17. The van der Waals surface area contributed by atoms with E-state index >= 15 is 0 Å². The Bertz CT molecular complexity index is 679. The molecule has 2 rings (SSSR count). The minimum absolute atomic E-state index is 0.150. The molecule has 0 saturated carbocycles. The number of thiol groups is 1. The molecule has 0 radical (unpaired) electrons. The van der Waals surface area contributed by atoms with Crippen LogP contribution in [0.4, 0.5) is 0 Å². The van der Waals surface area contributed by atoms with Crippen LogP contribution in [0.5, 0.6) is 0 Å². The van der Waals surface area contributed by atoms with Crippen LogP contribution in [0.2, 0.25) is 10.0 Å². The molecule has 6 heteroatoms. The van der Waals surface area contributed by atoms with Gasteiger partial charge in [0.2, 0.25) is 0 Å². The zero-order chi connectivity index (χ0) is 15.4. The van der Waals surface area contributed by atoms with Crippen molar-refractivity contribution in [2.24, 2.45) is 0 Å². The SMILES string of the molecule is O=C(NCCc1ccc(Cl)cc1Cl)c1cc(S)ccc1Br. The molecule has 21 heavy (non-hydrogen) atoms. The monoisotopic (exact) mass is 403 g/mol. The fourth-order valence-corrected chi connectivity index (χ4v) is 2.95. The molecule has 2 aromatic rings. The second kappa shape index (κ2) is 7.54. The van der Waals surface area contributed by atoms with Crippen molar-refractivity contribution in [1.82, 2.24) is 5.32 Å². The molecule has 0 aliphatic carbocycles. The summed E-state index contributed by atoms with van der Waals surface area (Å²) in [5.74, 6) is -0.150. The zero-order valence-corrected chi connectivity index (χ0v) is 14.9. The van der Waals surface area contributed by atoms with Gasteiger partial charge in [0.15, 0.2) is 0 Å². The highest BCUT2D eigenvalue weighted by Crippen LogP contribution is 2.22. The number of nitrogens with one attached hydrogen (secondary N) is 1. The highest BCUT2D eigenvalue weighted by atomic mass is 79.9. The van der Waals surface area contributed by atoms with Crippen molar-refractivity contribution >= 4 is 57.7 Å². The first-order valence-electron chi connectivity index (χ1n) is 6.18. The van der Waals surface area contributed by atoms with Crippen LogP contribution in [0.25, 0.3) is 0 Å². The van der Waals surface area contributed by atoms with Crippen molar-refractivity contribution in [3.63, 3.8) is 0 Å². The molecular formula is C15H12BrCl2NOS. The Morgan fingerprint density at radius 2 is 1.95 bits per heavy atom. The van der Waals surface area contributed by atoms with E-state index in [9.17, 15) is 4.79 Å². The maximum absolute atomic E-state index is 12.1. The quantitative estimate of drug-likeness (QED) is 0.688. The van der Waals surface area contributed by atoms with Crippen molar-refractivity contribution in [3.8, 4) is 0 Å². The molecule has 0 fully saturated rings. The second-order valence-electron chi connectivity index (χ2n) is 4.41. The molecule has 0 atom stereocenters. The van der Waals surface area contributed by atoms with Gasteiger partial charge in [0.25, 0.3) is 5.91 Å². The smallest absolute Gasteiger partial charge is 0.252 e. The molecule has 0 saturated heterocycles. The maximum atomic E-state index is 12.1. The Balaban J connectivity index is 1.97. The topological polar surface area (TPSA) is 29.1 Å². The van der Waals surface area contributed by atoms with Gasteiger partial charge >= 0.3 is 0 Å². The summed E-state index contributed by atoms with van der Waals surface area (Å²) in [5, 5.41) is 4.07. The van der Waals surface area contributed by atoms with Crippen molar-refractivity contribution in [3.05, 3.63) is 62.0 Å². The summed E-state index contributed by atoms with van der Waals surface area (Å²) in [6.07, 6.45) is 0.639. The fourth-order valence-electron chi connectivity index (χ4n) is 1.82. The van der Waals surface area contributed by atoms with Crippen LogP contribution < -0.4 is 5.32 Å². The van der Waals surface area contributed by atoms with E-state index in [2.05, 4.69) is 33.9 Å². The van der Waals surface area contributed by atoms with E-state index in [0.717, 1.165) is 14.9 Å². The van der Waals surface area contributed by atoms with Crippen LogP contribution in [0, 0.1) is 0 Å². The summed E-state index contributed by atoms with van der Waals surface area (Å²) in [7, 11) is 0. The van der Waals surface area contributed by atoms with E-state index in [-0.39, 0.29) is 5.91 Å². The van der Waals surface area contributed by atoms with E-state index < -0.39 is 0 Å². The summed E-state index contributed by atoms with van der Waals surface area (Å²) in [6.45, 7) is 0.490. The Hall–Kier alpha value is -0.680. The molecule has 0 aliphatic rings. The molecule has 0 aromatic heterocycles. The molecule has 110 valence electrons. The van der Waals surface area contributed by atoms with Gasteiger partial charge in [-0.05, 0) is 58.2 Å². The van der Waals surface area contributed by atoms with Gasteiger partial charge in [0.05, 0.1) is 5.56 Å². The van der Waals surface area contributed by atoms with Crippen molar-refractivity contribution in [2.45, 2.75) is 11.3 Å². The van der Waals surface area contributed by atoms with Crippen molar-refractivity contribution < 1.29 is 4.79 Å². The number of carbonyl (C=O) groups is 1. The minimum atomic E-state index is -0.150. The number of rotatable bonds is 4. The van der Waals surface area contributed by atoms with E-state index in [4.69, 9.17) is 23.2 Å². The lowest BCUT2D eigenvalue weighted by molar-refractivity contribution is 0.0953. The standard InChI is InChI=1S/C15H12BrCl2NOS/c16-13-4-3-11(21)8-12(13)15(20)19-6-5-9-1-2-10(17)7-14(9)18/h1-4,7-8,21H,5-6H2,(H,19,20). The van der Waals surface area contributed by atoms with E-state index in [1.54, 1.807) is 24.3 Å². The van der Waals surface area contributed by atoms with Gasteiger partial charge in [-0.15, -0.1) is 12.6 Å². The van der Waals surface area contributed by atoms with Gasteiger partial charge in [-0.1, -0.05) is 29.3 Å². The molecule has 0 heterocycles. The van der Waals surface area contributed by atoms with Crippen LogP contribution in [-0.2, 0) is 6.42 Å². The Labute approximate surface area is 147 Å². The number of amides is 1. The molecule has 1 N–H and O–H groups in total. The lowest BCUT2D eigenvalue weighted by atomic mass is 10.1. The Morgan fingerprint density at radius 1 is 1.19 bits per heavy atom. The lowest BCUT2D eigenvalue weighted by Crippen LogP contribution is -2.26. The minimum Gasteiger partial charge on any atom is -0.352 e. The van der Waals surface area contributed by atoms with E-state index in [1.807, 2.05) is 12.1 Å². The van der Waals surface area contributed by atoms with E-state index in [0.29, 0.717) is 28.6 Å². The summed E-state index contributed by atoms with van der Waals surface area (Å²) >= 11 is 19.5. The van der Waals surface area contributed by atoms with Gasteiger partial charge in [0, 0.05) is 26.0 Å². The van der Waals surface area contributed by atoms with Gasteiger partial charge in [-0.2, -0.15) is 0 Å². The summed E-state index contributed by atoms with van der Waals surface area (Å²) in [4.78, 5) is 12.9. The van der Waals surface area contributed by atoms with Gasteiger partial charge < -0.3 is 5.32 Å². The summed E-state index contributed by atoms with van der Waals surface area (Å²) < 4.78 is 0.738.